The second-order valence-corrected chi connectivity index (χ2v) is 5.51. The number of nitrogens with one attached hydrogen (secondary N) is 1. The van der Waals surface area contributed by atoms with Crippen LogP contribution in [0.4, 0.5) is 5.69 Å². The average molecular weight is 335 g/mol. The van der Waals surface area contributed by atoms with Crippen molar-refractivity contribution in [3.8, 4) is 5.75 Å². The van der Waals surface area contributed by atoms with Crippen LogP contribution in [0.5, 0.6) is 5.75 Å². The summed E-state index contributed by atoms with van der Waals surface area (Å²) in [6.07, 6.45) is 0. The maximum Gasteiger partial charge on any atom is 0.248 e. The van der Waals surface area contributed by atoms with Gasteiger partial charge in [0.1, 0.15) is 5.54 Å². The van der Waals surface area contributed by atoms with Crippen LogP contribution in [0.3, 0.4) is 0 Å². The number of amides is 1. The zero-order chi connectivity index (χ0) is 14.8. The van der Waals surface area contributed by atoms with Crippen molar-refractivity contribution in [3.63, 3.8) is 0 Å². The second kappa shape index (κ2) is 5.64. The molecule has 20 heavy (non-hydrogen) atoms. The minimum absolute atomic E-state index is 0.0234. The highest BCUT2D eigenvalue weighted by Gasteiger charge is 2.30. The molecule has 0 aliphatic rings. The van der Waals surface area contributed by atoms with E-state index in [-0.39, 0.29) is 5.75 Å². The van der Waals surface area contributed by atoms with Crippen molar-refractivity contribution in [3.05, 3.63) is 58.6 Å². The van der Waals surface area contributed by atoms with Crippen molar-refractivity contribution in [2.24, 2.45) is 5.73 Å². The van der Waals surface area contributed by atoms with E-state index in [0.717, 1.165) is 0 Å². The van der Waals surface area contributed by atoms with Crippen LogP contribution < -0.4 is 11.1 Å². The van der Waals surface area contributed by atoms with Gasteiger partial charge in [0.05, 0.1) is 10.2 Å². The average Bonchev–Trinajstić information content (AvgIpc) is 2.44. The van der Waals surface area contributed by atoms with Crippen LogP contribution in [0.15, 0.2) is 53.0 Å². The quantitative estimate of drug-likeness (QED) is 0.755. The smallest absolute Gasteiger partial charge is 0.248 e. The van der Waals surface area contributed by atoms with E-state index in [1.54, 1.807) is 37.3 Å². The van der Waals surface area contributed by atoms with Crippen LogP contribution in [0, 0.1) is 0 Å². The highest BCUT2D eigenvalue weighted by atomic mass is 79.9. The minimum atomic E-state index is -1.18. The Morgan fingerprint density at radius 2 is 1.85 bits per heavy atom. The Kier molecular flexibility index (Phi) is 4.11. The van der Waals surface area contributed by atoms with Gasteiger partial charge in [-0.3, -0.25) is 4.79 Å². The molecule has 0 saturated heterocycles. The van der Waals surface area contributed by atoms with Crippen molar-refractivity contribution < 1.29 is 9.90 Å². The fraction of sp³-hybridized carbons (Fsp3) is 0.133. The molecule has 1 unspecified atom stereocenters. The summed E-state index contributed by atoms with van der Waals surface area (Å²) in [5.74, 6) is -0.415. The monoisotopic (exact) mass is 334 g/mol. The van der Waals surface area contributed by atoms with Gasteiger partial charge in [0, 0.05) is 0 Å². The Hall–Kier alpha value is -1.85. The molecule has 0 fully saturated rings. The van der Waals surface area contributed by atoms with Gasteiger partial charge in [-0.15, -0.1) is 0 Å². The van der Waals surface area contributed by atoms with Crippen molar-refractivity contribution in [2.75, 3.05) is 5.32 Å². The third-order valence-electron chi connectivity index (χ3n) is 3.08. The normalized spacial score (nSPS) is 13.6. The lowest BCUT2D eigenvalue weighted by Gasteiger charge is -2.24. The van der Waals surface area contributed by atoms with Crippen molar-refractivity contribution >= 4 is 27.5 Å². The fourth-order valence-electron chi connectivity index (χ4n) is 1.78. The molecular formula is C15H15BrN2O2. The van der Waals surface area contributed by atoms with E-state index >= 15 is 0 Å². The highest BCUT2D eigenvalue weighted by Crippen LogP contribution is 2.32. The molecule has 4 N–H and O–H groups in total. The summed E-state index contributed by atoms with van der Waals surface area (Å²) in [5, 5.41) is 12.5. The predicted octanol–water partition coefficient (Wildman–Crippen LogP) is 2.97. The first-order chi connectivity index (χ1) is 9.43. The van der Waals surface area contributed by atoms with Gasteiger partial charge in [-0.1, -0.05) is 36.4 Å². The predicted molar refractivity (Wildman–Crippen MR) is 82.4 cm³/mol. The van der Waals surface area contributed by atoms with E-state index < -0.39 is 11.4 Å². The van der Waals surface area contributed by atoms with Crippen LogP contribution >= 0.6 is 15.9 Å². The molecular weight excluding hydrogens is 320 g/mol. The number of phenols is 1. The van der Waals surface area contributed by atoms with Crippen molar-refractivity contribution in [2.45, 2.75) is 12.5 Å². The van der Waals surface area contributed by atoms with E-state index in [1.165, 1.54) is 0 Å². The van der Waals surface area contributed by atoms with E-state index in [4.69, 9.17) is 5.73 Å². The summed E-state index contributed by atoms with van der Waals surface area (Å²) >= 11 is 3.20. The lowest BCUT2D eigenvalue weighted by molar-refractivity contribution is -0.120. The highest BCUT2D eigenvalue weighted by molar-refractivity contribution is 9.10. The molecule has 1 atom stereocenters. The Morgan fingerprint density at radius 1 is 1.20 bits per heavy atom. The molecule has 0 saturated carbocycles. The molecule has 4 nitrogen and oxygen atoms in total. The molecule has 0 aliphatic heterocycles. The molecule has 0 aliphatic carbocycles. The summed E-state index contributed by atoms with van der Waals surface area (Å²) in [6, 6.07) is 14.1. The number of rotatable bonds is 3. The number of benzene rings is 2. The second-order valence-electron chi connectivity index (χ2n) is 4.66. The molecule has 5 heteroatoms. The lowest BCUT2D eigenvalue weighted by Crippen LogP contribution is -2.45. The molecule has 2 aromatic rings. The minimum Gasteiger partial charge on any atom is -0.505 e. The van der Waals surface area contributed by atoms with E-state index in [0.29, 0.717) is 15.7 Å². The zero-order valence-corrected chi connectivity index (χ0v) is 12.5. The number of aromatic hydroxyl groups is 1. The summed E-state index contributed by atoms with van der Waals surface area (Å²) in [7, 11) is 0. The number of halogens is 1. The third-order valence-corrected chi connectivity index (χ3v) is 3.72. The Bertz CT molecular complexity index is 627. The van der Waals surface area contributed by atoms with E-state index in [1.807, 2.05) is 18.2 Å². The molecule has 0 bridgehead atoms. The number of phenolic OH excluding ortho intramolecular Hbond substituents is 1. The van der Waals surface area contributed by atoms with Gasteiger partial charge in [-0.2, -0.15) is 0 Å². The number of carbonyl (C=O) groups is 1. The van der Waals surface area contributed by atoms with Gasteiger partial charge in [-0.05, 0) is 40.5 Å². The summed E-state index contributed by atoms with van der Waals surface area (Å²) < 4.78 is 0.508. The third kappa shape index (κ3) is 2.84. The summed E-state index contributed by atoms with van der Waals surface area (Å²) in [6.45, 7) is 1.63. The molecule has 1 amide bonds. The number of hydrogen-bond acceptors (Lipinski definition) is 3. The Morgan fingerprint density at radius 3 is 2.50 bits per heavy atom. The zero-order valence-electron chi connectivity index (χ0n) is 10.9. The van der Waals surface area contributed by atoms with Gasteiger partial charge in [-0.25, -0.2) is 0 Å². The molecule has 0 aromatic heterocycles. The SMILES string of the molecule is CC(N)(C(=O)Nc1cccc(Br)c1O)c1ccccc1. The number of anilines is 1. The van der Waals surface area contributed by atoms with Crippen molar-refractivity contribution in [1.82, 2.24) is 0 Å². The van der Waals surface area contributed by atoms with Gasteiger partial charge >= 0.3 is 0 Å². The van der Waals surface area contributed by atoms with E-state index in [9.17, 15) is 9.90 Å². The first-order valence-electron chi connectivity index (χ1n) is 6.06. The molecule has 0 radical (unpaired) electrons. The van der Waals surface area contributed by atoms with Gasteiger partial charge < -0.3 is 16.2 Å². The van der Waals surface area contributed by atoms with Crippen molar-refractivity contribution in [1.29, 1.82) is 0 Å². The van der Waals surface area contributed by atoms with Crippen LogP contribution in [0.2, 0.25) is 0 Å². The lowest BCUT2D eigenvalue weighted by atomic mass is 9.92. The number of para-hydroxylation sites is 1. The summed E-state index contributed by atoms with van der Waals surface area (Å²) in [5.41, 5.74) is 5.95. The molecule has 2 rings (SSSR count). The molecule has 104 valence electrons. The fourth-order valence-corrected chi connectivity index (χ4v) is 2.15. The van der Waals surface area contributed by atoms with E-state index in [2.05, 4.69) is 21.2 Å². The van der Waals surface area contributed by atoms with Crippen LogP contribution in [0.25, 0.3) is 0 Å². The summed E-state index contributed by atoms with van der Waals surface area (Å²) in [4.78, 5) is 12.3. The first-order valence-corrected chi connectivity index (χ1v) is 6.85. The first kappa shape index (κ1) is 14.6. The van der Waals surface area contributed by atoms with Crippen LogP contribution in [-0.2, 0) is 10.3 Å². The maximum absolute atomic E-state index is 12.3. The van der Waals surface area contributed by atoms with Gasteiger partial charge in [0.15, 0.2) is 5.75 Å². The molecule has 0 spiro atoms. The maximum atomic E-state index is 12.3. The number of carbonyl (C=O) groups excluding carboxylic acids is 1. The molecule has 2 aromatic carbocycles. The Balaban J connectivity index is 2.26. The Labute approximate surface area is 125 Å². The van der Waals surface area contributed by atoms with Crippen LogP contribution in [-0.4, -0.2) is 11.0 Å². The van der Waals surface area contributed by atoms with Crippen LogP contribution in [0.1, 0.15) is 12.5 Å². The van der Waals surface area contributed by atoms with Gasteiger partial charge in [0.2, 0.25) is 5.91 Å². The number of nitrogens with two attached hydrogens (primary N) is 1. The number of hydrogen-bond donors (Lipinski definition) is 3. The molecule has 0 heterocycles. The topological polar surface area (TPSA) is 75.4 Å². The van der Waals surface area contributed by atoms with Gasteiger partial charge in [0.25, 0.3) is 0 Å². The largest absolute Gasteiger partial charge is 0.505 e. The standard InChI is InChI=1S/C15H15BrN2O2/c1-15(17,10-6-3-2-4-7-10)14(20)18-12-9-5-8-11(16)13(12)19/h2-9,19H,17H2,1H3,(H,18,20).